The Kier molecular flexibility index (Phi) is 3.88. The summed E-state index contributed by atoms with van der Waals surface area (Å²) in [6.45, 7) is 4.42. The van der Waals surface area contributed by atoms with Gasteiger partial charge in [0, 0.05) is 6.54 Å². The fourth-order valence-electron chi connectivity index (χ4n) is 2.74. The first kappa shape index (κ1) is 15.2. The average Bonchev–Trinajstić information content (AvgIpc) is 2.88. The van der Waals surface area contributed by atoms with E-state index >= 15 is 0 Å². The van der Waals surface area contributed by atoms with Gasteiger partial charge in [0.25, 0.3) is 0 Å². The van der Waals surface area contributed by atoms with E-state index in [9.17, 15) is 15.0 Å². The Morgan fingerprint density at radius 3 is 2.65 bits per heavy atom. The minimum absolute atomic E-state index is 0.193. The monoisotopic (exact) mass is 310 g/mol. The van der Waals surface area contributed by atoms with E-state index in [2.05, 4.69) is 23.2 Å². The maximum absolute atomic E-state index is 11.2. The van der Waals surface area contributed by atoms with Gasteiger partial charge < -0.3 is 14.8 Å². The van der Waals surface area contributed by atoms with E-state index in [0.29, 0.717) is 17.9 Å². The Bertz CT molecular complexity index is 897. The van der Waals surface area contributed by atoms with Crippen LogP contribution in [0.2, 0.25) is 0 Å². The highest BCUT2D eigenvalue weighted by molar-refractivity contribution is 5.92. The van der Waals surface area contributed by atoms with Gasteiger partial charge in [-0.25, -0.2) is 9.78 Å². The Balaban J connectivity index is 2.16. The molecule has 0 aliphatic carbocycles. The van der Waals surface area contributed by atoms with Crippen LogP contribution in [0.1, 0.15) is 32.9 Å². The average molecular weight is 310 g/mol. The highest BCUT2D eigenvalue weighted by Crippen LogP contribution is 2.21. The minimum Gasteiger partial charge on any atom is -0.478 e. The predicted octanol–water partition coefficient (Wildman–Crippen LogP) is 2.89. The standard InChI is InChI=1S/C18H18N2O3/c1-11-3-4-12(2)14(7-11)9-20-16-8-13(18(22)23)5-6-15(16)19-17(20)10-21/h3-8,21H,9-10H2,1-2H3,(H,22,23). The summed E-state index contributed by atoms with van der Waals surface area (Å²) in [7, 11) is 0. The molecule has 23 heavy (non-hydrogen) atoms. The molecule has 0 aliphatic rings. The molecule has 118 valence electrons. The molecule has 5 nitrogen and oxygen atoms in total. The Hall–Kier alpha value is -2.66. The van der Waals surface area contributed by atoms with E-state index < -0.39 is 5.97 Å². The highest BCUT2D eigenvalue weighted by Gasteiger charge is 2.14. The van der Waals surface area contributed by atoms with Gasteiger partial charge in [-0.15, -0.1) is 0 Å². The molecule has 0 bridgehead atoms. The molecule has 0 spiro atoms. The zero-order chi connectivity index (χ0) is 16.6. The van der Waals surface area contributed by atoms with Crippen molar-refractivity contribution in [1.82, 2.24) is 9.55 Å². The lowest BCUT2D eigenvalue weighted by molar-refractivity contribution is 0.0697. The largest absolute Gasteiger partial charge is 0.478 e. The molecule has 0 radical (unpaired) electrons. The number of rotatable bonds is 4. The maximum atomic E-state index is 11.2. The van der Waals surface area contributed by atoms with Gasteiger partial charge in [-0.05, 0) is 43.2 Å². The van der Waals surface area contributed by atoms with Gasteiger partial charge in [0.2, 0.25) is 0 Å². The second kappa shape index (κ2) is 5.85. The third kappa shape index (κ3) is 2.83. The minimum atomic E-state index is -0.975. The number of aromatic nitrogens is 2. The zero-order valence-electron chi connectivity index (χ0n) is 13.1. The van der Waals surface area contributed by atoms with Crippen molar-refractivity contribution in [2.24, 2.45) is 0 Å². The molecule has 0 saturated heterocycles. The number of aromatic carboxylic acids is 1. The first-order chi connectivity index (χ1) is 11.0. The van der Waals surface area contributed by atoms with E-state index in [0.717, 1.165) is 22.2 Å². The Morgan fingerprint density at radius 1 is 1.17 bits per heavy atom. The van der Waals surface area contributed by atoms with Crippen LogP contribution in [0.4, 0.5) is 0 Å². The number of hydrogen-bond donors (Lipinski definition) is 2. The SMILES string of the molecule is Cc1ccc(C)c(Cn2c(CO)nc3ccc(C(=O)O)cc32)c1. The van der Waals surface area contributed by atoms with Crippen molar-refractivity contribution in [3.63, 3.8) is 0 Å². The molecule has 1 aromatic heterocycles. The summed E-state index contributed by atoms with van der Waals surface area (Å²) in [4.78, 5) is 15.6. The fraction of sp³-hybridized carbons (Fsp3) is 0.222. The molecule has 5 heteroatoms. The number of nitrogens with zero attached hydrogens (tertiary/aromatic N) is 2. The lowest BCUT2D eigenvalue weighted by atomic mass is 10.1. The quantitative estimate of drug-likeness (QED) is 0.777. The predicted molar refractivity (Wildman–Crippen MR) is 87.6 cm³/mol. The molecule has 0 amide bonds. The van der Waals surface area contributed by atoms with Crippen LogP contribution in [0.5, 0.6) is 0 Å². The zero-order valence-corrected chi connectivity index (χ0v) is 13.1. The molecule has 3 rings (SSSR count). The molecule has 3 aromatic rings. The van der Waals surface area contributed by atoms with Gasteiger partial charge in [0.05, 0.1) is 16.6 Å². The smallest absolute Gasteiger partial charge is 0.335 e. The van der Waals surface area contributed by atoms with Crippen LogP contribution in [0.15, 0.2) is 36.4 Å². The summed E-state index contributed by atoms with van der Waals surface area (Å²) in [5.41, 5.74) is 5.05. The van der Waals surface area contributed by atoms with Crippen molar-refractivity contribution in [1.29, 1.82) is 0 Å². The summed E-state index contributed by atoms with van der Waals surface area (Å²) >= 11 is 0. The van der Waals surface area contributed by atoms with Crippen molar-refractivity contribution in [2.75, 3.05) is 0 Å². The topological polar surface area (TPSA) is 75.3 Å². The molecular weight excluding hydrogens is 292 g/mol. The van der Waals surface area contributed by atoms with Crippen molar-refractivity contribution in [2.45, 2.75) is 27.0 Å². The van der Waals surface area contributed by atoms with Crippen LogP contribution >= 0.6 is 0 Å². The highest BCUT2D eigenvalue weighted by atomic mass is 16.4. The molecule has 2 N–H and O–H groups in total. The third-order valence-electron chi connectivity index (χ3n) is 4.05. The van der Waals surface area contributed by atoms with Crippen LogP contribution in [0.25, 0.3) is 11.0 Å². The summed E-state index contributed by atoms with van der Waals surface area (Å²) < 4.78 is 1.88. The number of imidazole rings is 1. The van der Waals surface area contributed by atoms with E-state index in [1.165, 1.54) is 6.07 Å². The number of aliphatic hydroxyl groups is 1. The van der Waals surface area contributed by atoms with E-state index in [-0.39, 0.29) is 12.2 Å². The van der Waals surface area contributed by atoms with E-state index in [4.69, 9.17) is 0 Å². The van der Waals surface area contributed by atoms with Crippen molar-refractivity contribution in [3.05, 3.63) is 64.5 Å². The molecule has 0 unspecified atom stereocenters. The summed E-state index contributed by atoms with van der Waals surface area (Å²) in [5.74, 6) is -0.444. The van der Waals surface area contributed by atoms with Gasteiger partial charge >= 0.3 is 5.97 Å². The summed E-state index contributed by atoms with van der Waals surface area (Å²) in [6.07, 6.45) is 0. The van der Waals surface area contributed by atoms with Crippen LogP contribution in [0.3, 0.4) is 0 Å². The first-order valence-corrected chi connectivity index (χ1v) is 7.39. The molecule has 0 atom stereocenters. The van der Waals surface area contributed by atoms with Gasteiger partial charge in [-0.3, -0.25) is 0 Å². The second-order valence-corrected chi connectivity index (χ2v) is 5.71. The Morgan fingerprint density at radius 2 is 1.96 bits per heavy atom. The number of aryl methyl sites for hydroxylation is 2. The fourth-order valence-corrected chi connectivity index (χ4v) is 2.74. The lowest BCUT2D eigenvalue weighted by Crippen LogP contribution is -2.07. The van der Waals surface area contributed by atoms with E-state index in [1.54, 1.807) is 12.1 Å². The summed E-state index contributed by atoms with van der Waals surface area (Å²) in [6, 6.07) is 11.0. The molecule has 0 saturated carbocycles. The van der Waals surface area contributed by atoms with Crippen molar-refractivity contribution in [3.8, 4) is 0 Å². The second-order valence-electron chi connectivity index (χ2n) is 5.71. The van der Waals surface area contributed by atoms with E-state index in [1.807, 2.05) is 18.4 Å². The molecule has 0 fully saturated rings. The Labute approximate surface area is 133 Å². The normalized spacial score (nSPS) is 11.1. The number of benzene rings is 2. The molecule has 2 aromatic carbocycles. The third-order valence-corrected chi connectivity index (χ3v) is 4.05. The number of aliphatic hydroxyl groups excluding tert-OH is 1. The van der Waals surface area contributed by atoms with Gasteiger partial charge in [0.15, 0.2) is 0 Å². The number of hydrogen-bond acceptors (Lipinski definition) is 3. The van der Waals surface area contributed by atoms with Crippen LogP contribution < -0.4 is 0 Å². The maximum Gasteiger partial charge on any atom is 0.335 e. The summed E-state index contributed by atoms with van der Waals surface area (Å²) in [5, 5.41) is 18.8. The molecular formula is C18H18N2O3. The van der Waals surface area contributed by atoms with Gasteiger partial charge in [-0.1, -0.05) is 23.8 Å². The number of carboxylic acids is 1. The van der Waals surface area contributed by atoms with Crippen LogP contribution in [-0.2, 0) is 13.2 Å². The van der Waals surface area contributed by atoms with Crippen LogP contribution in [-0.4, -0.2) is 25.7 Å². The number of carboxylic acid groups (broad SMARTS) is 1. The number of fused-ring (bicyclic) bond motifs is 1. The lowest BCUT2D eigenvalue weighted by Gasteiger charge is -2.11. The van der Waals surface area contributed by atoms with Crippen LogP contribution in [0, 0.1) is 13.8 Å². The van der Waals surface area contributed by atoms with Crippen molar-refractivity contribution >= 4 is 17.0 Å². The first-order valence-electron chi connectivity index (χ1n) is 7.39. The number of carbonyl (C=O) groups is 1. The molecule has 0 aliphatic heterocycles. The molecule has 1 heterocycles. The van der Waals surface area contributed by atoms with Gasteiger partial charge in [-0.2, -0.15) is 0 Å². The van der Waals surface area contributed by atoms with Gasteiger partial charge in [0.1, 0.15) is 12.4 Å². The van der Waals surface area contributed by atoms with Crippen molar-refractivity contribution < 1.29 is 15.0 Å².